The fraction of sp³-hybridized carbons (Fsp3) is 0.191. The van der Waals surface area contributed by atoms with Crippen LogP contribution in [0.1, 0.15) is 51.5 Å². The van der Waals surface area contributed by atoms with Crippen molar-refractivity contribution < 1.29 is 0 Å². The van der Waals surface area contributed by atoms with Crippen molar-refractivity contribution in [2.75, 3.05) is 16.3 Å². The zero-order chi connectivity index (χ0) is 34.8. The predicted molar refractivity (Wildman–Crippen MR) is 217 cm³/mol. The monoisotopic (exact) mass is 666 g/mol. The number of rotatable bonds is 11. The van der Waals surface area contributed by atoms with E-state index in [1.807, 2.05) is 6.20 Å². The molecule has 0 N–H and O–H groups in total. The Kier molecular flexibility index (Phi) is 10.8. The van der Waals surface area contributed by atoms with Crippen LogP contribution >= 0.6 is 0 Å². The topological polar surface area (TPSA) is 31.7 Å². The average molecular weight is 667 g/mol. The second kappa shape index (κ2) is 16.3. The molecule has 51 heavy (non-hydrogen) atoms. The van der Waals surface area contributed by atoms with Crippen molar-refractivity contribution in [3.8, 4) is 11.3 Å². The Morgan fingerprint density at radius 1 is 0.765 bits per heavy atom. The Labute approximate surface area is 303 Å². The molecule has 3 aromatic carbocycles. The number of pyridine rings is 1. The summed E-state index contributed by atoms with van der Waals surface area (Å²) < 4.78 is 0. The first-order valence-electron chi connectivity index (χ1n) is 18.2. The van der Waals surface area contributed by atoms with Crippen molar-refractivity contribution in [3.05, 3.63) is 187 Å². The van der Waals surface area contributed by atoms with Gasteiger partial charge in [-0.2, -0.15) is 0 Å². The SMILES string of the molecule is CC/C(=C\C=C(/C)N(c1ccccc1)c1ccccc1)C1=NCC(c2ccc(-c3ccc(N(C4=CCCC=C4)C4C=CC=CC4)cc3)nc2)=CC1. The highest BCUT2D eigenvalue weighted by Crippen LogP contribution is 2.32. The molecular weight excluding hydrogens is 621 g/mol. The van der Waals surface area contributed by atoms with Crippen LogP contribution in [0.5, 0.6) is 0 Å². The van der Waals surface area contributed by atoms with Crippen molar-refractivity contribution in [2.24, 2.45) is 4.99 Å². The zero-order valence-electron chi connectivity index (χ0n) is 29.7. The fourth-order valence-electron chi connectivity index (χ4n) is 7.01. The van der Waals surface area contributed by atoms with Crippen molar-refractivity contribution in [1.82, 2.24) is 4.98 Å². The number of nitrogens with zero attached hydrogens (tertiary/aromatic N) is 4. The Morgan fingerprint density at radius 3 is 2.10 bits per heavy atom. The molecule has 0 spiro atoms. The number of para-hydroxylation sites is 2. The number of hydrogen-bond acceptors (Lipinski definition) is 4. The van der Waals surface area contributed by atoms with Gasteiger partial charge in [0, 0.05) is 52.3 Å². The van der Waals surface area contributed by atoms with Crippen molar-refractivity contribution in [2.45, 2.75) is 52.0 Å². The molecule has 4 aromatic rings. The van der Waals surface area contributed by atoms with Gasteiger partial charge in [0.05, 0.1) is 18.3 Å². The summed E-state index contributed by atoms with van der Waals surface area (Å²) >= 11 is 0. The van der Waals surface area contributed by atoms with E-state index in [-0.39, 0.29) is 0 Å². The summed E-state index contributed by atoms with van der Waals surface area (Å²) in [7, 11) is 0. The third kappa shape index (κ3) is 8.02. The standard InChI is InChI=1S/C47H46N4/c1-3-37(25-24-36(2)50(41-16-8-4-9-17-41)42-18-10-5-11-19-42)46-32-28-39(34-48-46)40-29-33-47(49-35-40)38-26-30-45(31-27-38)51(43-20-12-6-13-21-43)44-22-14-7-15-23-44/h4-6,8-14,16-20,22-31,33,35,43H,3,7,15,21,32,34H2,1-2H3/b36-24+,37-25+. The molecule has 2 aliphatic carbocycles. The van der Waals surface area contributed by atoms with Gasteiger partial charge in [-0.1, -0.05) is 110 Å². The number of aliphatic imine (C=N–C) groups is 1. The molecular formula is C47H46N4. The Balaban J connectivity index is 1.03. The van der Waals surface area contributed by atoms with Gasteiger partial charge < -0.3 is 9.80 Å². The van der Waals surface area contributed by atoms with Gasteiger partial charge in [0.15, 0.2) is 0 Å². The van der Waals surface area contributed by atoms with Crippen LogP contribution in [0.3, 0.4) is 0 Å². The molecule has 0 saturated carbocycles. The van der Waals surface area contributed by atoms with Crippen LogP contribution in [-0.4, -0.2) is 23.3 Å². The van der Waals surface area contributed by atoms with Crippen LogP contribution in [0.25, 0.3) is 16.8 Å². The molecule has 2 heterocycles. The first-order valence-corrected chi connectivity index (χ1v) is 18.2. The van der Waals surface area contributed by atoms with Crippen molar-refractivity contribution in [1.29, 1.82) is 0 Å². The number of allylic oxidation sites excluding steroid dienone is 10. The van der Waals surface area contributed by atoms with Crippen LogP contribution < -0.4 is 9.80 Å². The number of anilines is 3. The lowest BCUT2D eigenvalue weighted by Gasteiger charge is -2.34. The third-order valence-corrected chi connectivity index (χ3v) is 9.76. The van der Waals surface area contributed by atoms with Crippen LogP contribution in [0.2, 0.25) is 0 Å². The van der Waals surface area contributed by atoms with Crippen molar-refractivity contribution >= 4 is 28.3 Å². The maximum atomic E-state index is 5.07. The van der Waals surface area contributed by atoms with Crippen LogP contribution in [0.15, 0.2) is 186 Å². The second-order valence-corrected chi connectivity index (χ2v) is 13.1. The fourth-order valence-corrected chi connectivity index (χ4v) is 7.01. The quantitative estimate of drug-likeness (QED) is 0.149. The summed E-state index contributed by atoms with van der Waals surface area (Å²) in [5.74, 6) is 0. The van der Waals surface area contributed by atoms with Gasteiger partial charge in [0.1, 0.15) is 0 Å². The smallest absolute Gasteiger partial charge is 0.0702 e. The van der Waals surface area contributed by atoms with Crippen LogP contribution in [0.4, 0.5) is 17.1 Å². The maximum absolute atomic E-state index is 5.07. The normalized spacial score (nSPS) is 17.5. The summed E-state index contributed by atoms with van der Waals surface area (Å²) in [6.45, 7) is 5.05. The van der Waals surface area contributed by atoms with Gasteiger partial charge in [-0.05, 0) is 104 Å². The van der Waals surface area contributed by atoms with Gasteiger partial charge >= 0.3 is 0 Å². The molecule has 4 nitrogen and oxygen atoms in total. The predicted octanol–water partition coefficient (Wildman–Crippen LogP) is 12.0. The van der Waals surface area contributed by atoms with E-state index in [1.54, 1.807) is 0 Å². The van der Waals surface area contributed by atoms with Crippen molar-refractivity contribution in [3.63, 3.8) is 0 Å². The molecule has 0 amide bonds. The van der Waals surface area contributed by atoms with Gasteiger partial charge in [-0.3, -0.25) is 9.98 Å². The van der Waals surface area contributed by atoms with E-state index in [0.29, 0.717) is 12.6 Å². The number of hydrogen-bond donors (Lipinski definition) is 0. The Hall–Kier alpha value is -5.74. The van der Waals surface area contributed by atoms with Gasteiger partial charge in [-0.15, -0.1) is 0 Å². The lowest BCUT2D eigenvalue weighted by Crippen LogP contribution is -2.33. The molecule has 0 radical (unpaired) electrons. The Bertz CT molecular complexity index is 2000. The molecule has 1 unspecified atom stereocenters. The van der Waals surface area contributed by atoms with E-state index < -0.39 is 0 Å². The minimum atomic E-state index is 0.313. The van der Waals surface area contributed by atoms with E-state index in [4.69, 9.17) is 9.98 Å². The molecule has 1 aromatic heterocycles. The minimum absolute atomic E-state index is 0.313. The van der Waals surface area contributed by atoms with Gasteiger partial charge in [0.2, 0.25) is 0 Å². The highest BCUT2D eigenvalue weighted by Gasteiger charge is 2.21. The molecule has 0 fully saturated rings. The molecule has 1 atom stereocenters. The van der Waals surface area contributed by atoms with Crippen LogP contribution in [0, 0.1) is 0 Å². The van der Waals surface area contributed by atoms with E-state index >= 15 is 0 Å². The number of benzene rings is 3. The summed E-state index contributed by atoms with van der Waals surface area (Å²) in [6, 6.07) is 34.6. The molecule has 0 saturated heterocycles. The molecule has 0 bridgehead atoms. The number of dihydropyridines is 1. The van der Waals surface area contributed by atoms with Crippen LogP contribution in [-0.2, 0) is 0 Å². The lowest BCUT2D eigenvalue weighted by molar-refractivity contribution is 0.755. The largest absolute Gasteiger partial charge is 0.335 e. The molecule has 3 aliphatic rings. The van der Waals surface area contributed by atoms with E-state index in [1.165, 1.54) is 22.5 Å². The molecule has 4 heteroatoms. The summed E-state index contributed by atoms with van der Waals surface area (Å²) in [6.07, 6.45) is 29.5. The molecule has 7 rings (SSSR count). The summed E-state index contributed by atoms with van der Waals surface area (Å²) in [4.78, 5) is 14.7. The second-order valence-electron chi connectivity index (χ2n) is 13.1. The Morgan fingerprint density at radius 2 is 1.51 bits per heavy atom. The molecule has 254 valence electrons. The highest BCUT2D eigenvalue weighted by atomic mass is 15.2. The minimum Gasteiger partial charge on any atom is -0.335 e. The zero-order valence-corrected chi connectivity index (χ0v) is 29.7. The van der Waals surface area contributed by atoms with Gasteiger partial charge in [-0.25, -0.2) is 0 Å². The summed E-state index contributed by atoms with van der Waals surface area (Å²) in [5, 5.41) is 0. The number of aromatic nitrogens is 1. The highest BCUT2D eigenvalue weighted by molar-refractivity contribution is 6.03. The van der Waals surface area contributed by atoms with E-state index in [2.05, 4.69) is 181 Å². The van der Waals surface area contributed by atoms with E-state index in [9.17, 15) is 0 Å². The van der Waals surface area contributed by atoms with E-state index in [0.717, 1.165) is 71.7 Å². The lowest BCUT2D eigenvalue weighted by atomic mass is 9.97. The average Bonchev–Trinajstić information content (AvgIpc) is 3.21. The first-order chi connectivity index (χ1) is 25.2. The third-order valence-electron chi connectivity index (χ3n) is 9.76. The maximum Gasteiger partial charge on any atom is 0.0702 e. The molecule has 1 aliphatic heterocycles. The summed E-state index contributed by atoms with van der Waals surface area (Å²) in [5.41, 5.74) is 12.8. The van der Waals surface area contributed by atoms with Gasteiger partial charge in [0.25, 0.3) is 0 Å². The first kappa shape index (κ1) is 33.7.